The van der Waals surface area contributed by atoms with E-state index in [-0.39, 0.29) is 11.4 Å². The number of hydrogen-bond acceptors (Lipinski definition) is 3. The first-order valence-electron chi connectivity index (χ1n) is 5.86. The Balaban J connectivity index is 2.26. The van der Waals surface area contributed by atoms with Crippen LogP contribution in [0.25, 0.3) is 10.1 Å². The molecule has 0 saturated heterocycles. The van der Waals surface area contributed by atoms with Crippen LogP contribution in [0.4, 0.5) is 13.2 Å². The highest BCUT2D eigenvalue weighted by molar-refractivity contribution is 7.20. The molecule has 0 saturated carbocycles. The monoisotopic (exact) mass is 303 g/mol. The number of aliphatic hydroxyl groups is 1. The van der Waals surface area contributed by atoms with Crippen molar-refractivity contribution in [3.05, 3.63) is 35.2 Å². The molecule has 1 N–H and O–H groups in total. The molecule has 1 amide bonds. The number of rotatable bonds is 4. The van der Waals surface area contributed by atoms with E-state index in [1.807, 2.05) is 0 Å². The summed E-state index contributed by atoms with van der Waals surface area (Å²) in [6.07, 6.45) is -4.48. The summed E-state index contributed by atoms with van der Waals surface area (Å²) in [5.74, 6) is -0.711. The Morgan fingerprint density at radius 1 is 1.30 bits per heavy atom. The van der Waals surface area contributed by atoms with E-state index in [2.05, 4.69) is 0 Å². The van der Waals surface area contributed by atoms with Crippen LogP contribution in [-0.4, -0.2) is 41.8 Å². The molecular formula is C13H12F3NO2S. The normalized spacial score (nSPS) is 11.8. The number of carbonyl (C=O) groups is 1. The minimum Gasteiger partial charge on any atom is -0.395 e. The van der Waals surface area contributed by atoms with Gasteiger partial charge in [-0.3, -0.25) is 4.79 Å². The summed E-state index contributed by atoms with van der Waals surface area (Å²) < 4.78 is 38.2. The quantitative estimate of drug-likeness (QED) is 0.943. The summed E-state index contributed by atoms with van der Waals surface area (Å²) in [4.78, 5) is 13.0. The van der Waals surface area contributed by atoms with Crippen LogP contribution in [0.3, 0.4) is 0 Å². The first-order valence-corrected chi connectivity index (χ1v) is 6.68. The third-order valence-electron chi connectivity index (χ3n) is 2.66. The number of alkyl halides is 3. The topological polar surface area (TPSA) is 40.5 Å². The molecule has 20 heavy (non-hydrogen) atoms. The summed E-state index contributed by atoms with van der Waals surface area (Å²) in [7, 11) is 0. The van der Waals surface area contributed by atoms with Crippen molar-refractivity contribution in [3.63, 3.8) is 0 Å². The van der Waals surface area contributed by atoms with Crippen LogP contribution in [0.15, 0.2) is 30.3 Å². The highest BCUT2D eigenvalue weighted by Crippen LogP contribution is 2.27. The molecule has 0 fully saturated rings. The van der Waals surface area contributed by atoms with Crippen LogP contribution in [0, 0.1) is 0 Å². The van der Waals surface area contributed by atoms with Gasteiger partial charge < -0.3 is 10.0 Å². The van der Waals surface area contributed by atoms with Crippen LogP contribution in [0.5, 0.6) is 0 Å². The number of thiophene rings is 1. The SMILES string of the molecule is O=C(c1cc2ccccc2s1)N(CCO)CC(F)(F)F. The van der Waals surface area contributed by atoms with Gasteiger partial charge in [-0.2, -0.15) is 13.2 Å². The first kappa shape index (κ1) is 14.8. The van der Waals surface area contributed by atoms with Gasteiger partial charge in [0.05, 0.1) is 11.5 Å². The standard InChI is InChI=1S/C13H12F3NO2S/c14-13(15,16)8-17(5-6-18)12(19)11-7-9-3-1-2-4-10(9)20-11/h1-4,7,18H,5-6,8H2. The highest BCUT2D eigenvalue weighted by atomic mass is 32.1. The Morgan fingerprint density at radius 3 is 2.60 bits per heavy atom. The largest absolute Gasteiger partial charge is 0.406 e. The van der Waals surface area contributed by atoms with Gasteiger partial charge in [0.15, 0.2) is 0 Å². The van der Waals surface area contributed by atoms with Gasteiger partial charge in [0.25, 0.3) is 5.91 Å². The second kappa shape index (κ2) is 5.80. The van der Waals surface area contributed by atoms with Crippen LogP contribution in [0.2, 0.25) is 0 Å². The fraction of sp³-hybridized carbons (Fsp3) is 0.308. The van der Waals surface area contributed by atoms with Gasteiger partial charge in [0.2, 0.25) is 0 Å². The van der Waals surface area contributed by atoms with Crippen LogP contribution >= 0.6 is 11.3 Å². The van der Waals surface area contributed by atoms with Gasteiger partial charge in [0.1, 0.15) is 6.54 Å². The number of aliphatic hydroxyl groups excluding tert-OH is 1. The number of nitrogens with zero attached hydrogens (tertiary/aromatic N) is 1. The lowest BCUT2D eigenvalue weighted by Crippen LogP contribution is -2.40. The minimum atomic E-state index is -4.48. The van der Waals surface area contributed by atoms with E-state index in [0.717, 1.165) is 21.4 Å². The smallest absolute Gasteiger partial charge is 0.395 e. The number of benzene rings is 1. The van der Waals surface area contributed by atoms with Gasteiger partial charge in [-0.25, -0.2) is 0 Å². The molecule has 0 bridgehead atoms. The summed E-state index contributed by atoms with van der Waals surface area (Å²) in [6.45, 7) is -2.21. The molecule has 0 aliphatic rings. The summed E-state index contributed by atoms with van der Waals surface area (Å²) in [6, 6.07) is 8.77. The molecular weight excluding hydrogens is 291 g/mol. The highest BCUT2D eigenvalue weighted by Gasteiger charge is 2.33. The van der Waals surface area contributed by atoms with E-state index in [9.17, 15) is 18.0 Å². The van der Waals surface area contributed by atoms with Crippen molar-refractivity contribution >= 4 is 27.3 Å². The molecule has 0 spiro atoms. The maximum atomic E-state index is 12.4. The van der Waals surface area contributed by atoms with Gasteiger partial charge in [-0.15, -0.1) is 11.3 Å². The van der Waals surface area contributed by atoms with E-state index in [0.29, 0.717) is 4.90 Å². The van der Waals surface area contributed by atoms with E-state index in [1.54, 1.807) is 30.3 Å². The summed E-state index contributed by atoms with van der Waals surface area (Å²) >= 11 is 1.15. The number of halogens is 3. The zero-order valence-electron chi connectivity index (χ0n) is 10.4. The number of carbonyl (C=O) groups excluding carboxylic acids is 1. The Hall–Kier alpha value is -1.60. The Bertz CT molecular complexity index is 576. The van der Waals surface area contributed by atoms with Gasteiger partial charge in [0, 0.05) is 11.2 Å². The molecule has 2 rings (SSSR count). The van der Waals surface area contributed by atoms with Crippen molar-refractivity contribution in [2.75, 3.05) is 19.7 Å². The molecule has 0 unspecified atom stereocenters. The molecule has 0 aliphatic carbocycles. The molecule has 1 aromatic carbocycles. The first-order chi connectivity index (χ1) is 9.40. The molecule has 7 heteroatoms. The van der Waals surface area contributed by atoms with E-state index in [4.69, 9.17) is 5.11 Å². The van der Waals surface area contributed by atoms with Crippen molar-refractivity contribution < 1.29 is 23.1 Å². The maximum absolute atomic E-state index is 12.4. The average molecular weight is 303 g/mol. The van der Waals surface area contributed by atoms with Gasteiger partial charge in [-0.05, 0) is 17.5 Å². The van der Waals surface area contributed by atoms with Crippen LogP contribution in [-0.2, 0) is 0 Å². The maximum Gasteiger partial charge on any atom is 0.406 e. The molecule has 3 nitrogen and oxygen atoms in total. The molecule has 0 aliphatic heterocycles. The Morgan fingerprint density at radius 2 is 2.00 bits per heavy atom. The Labute approximate surface area is 117 Å². The van der Waals surface area contributed by atoms with E-state index >= 15 is 0 Å². The minimum absolute atomic E-state index is 0.240. The van der Waals surface area contributed by atoms with Gasteiger partial charge in [-0.1, -0.05) is 18.2 Å². The van der Waals surface area contributed by atoms with E-state index < -0.39 is 25.2 Å². The summed E-state index contributed by atoms with van der Waals surface area (Å²) in [5.41, 5.74) is 0. The number of hydrogen-bond donors (Lipinski definition) is 1. The number of amides is 1. The van der Waals surface area contributed by atoms with Crippen molar-refractivity contribution in [2.45, 2.75) is 6.18 Å². The summed E-state index contributed by atoms with van der Waals surface area (Å²) in [5, 5.41) is 9.63. The number of fused-ring (bicyclic) bond motifs is 1. The zero-order valence-corrected chi connectivity index (χ0v) is 11.2. The third kappa shape index (κ3) is 3.49. The lowest BCUT2D eigenvalue weighted by molar-refractivity contribution is -0.141. The molecule has 1 heterocycles. The van der Waals surface area contributed by atoms with Crippen LogP contribution < -0.4 is 0 Å². The van der Waals surface area contributed by atoms with Crippen molar-refractivity contribution in [1.29, 1.82) is 0 Å². The van der Waals surface area contributed by atoms with Crippen molar-refractivity contribution in [2.24, 2.45) is 0 Å². The fourth-order valence-corrected chi connectivity index (χ4v) is 2.86. The molecule has 108 valence electrons. The predicted octanol–water partition coefficient (Wildman–Crippen LogP) is 2.90. The van der Waals surface area contributed by atoms with E-state index in [1.165, 1.54) is 0 Å². The van der Waals surface area contributed by atoms with Crippen molar-refractivity contribution in [3.8, 4) is 0 Å². The third-order valence-corrected chi connectivity index (χ3v) is 3.77. The second-order valence-corrected chi connectivity index (χ2v) is 5.30. The molecule has 0 atom stereocenters. The molecule has 1 aromatic heterocycles. The Kier molecular flexibility index (Phi) is 4.29. The lowest BCUT2D eigenvalue weighted by atomic mass is 10.2. The van der Waals surface area contributed by atoms with Gasteiger partial charge >= 0.3 is 6.18 Å². The zero-order chi connectivity index (χ0) is 14.8. The van der Waals surface area contributed by atoms with Crippen LogP contribution in [0.1, 0.15) is 9.67 Å². The molecule has 0 radical (unpaired) electrons. The average Bonchev–Trinajstić information content (AvgIpc) is 2.79. The second-order valence-electron chi connectivity index (χ2n) is 4.21. The lowest BCUT2D eigenvalue weighted by Gasteiger charge is -2.22. The van der Waals surface area contributed by atoms with Crippen molar-refractivity contribution in [1.82, 2.24) is 4.90 Å². The fourth-order valence-electron chi connectivity index (χ4n) is 1.83. The molecule has 2 aromatic rings. The predicted molar refractivity (Wildman–Crippen MR) is 70.9 cm³/mol.